The van der Waals surface area contributed by atoms with Gasteiger partial charge < -0.3 is 10.0 Å². The van der Waals surface area contributed by atoms with E-state index < -0.39 is 5.97 Å². The number of carboxylic acid groups (broad SMARTS) is 1. The minimum absolute atomic E-state index is 0.160. The van der Waals surface area contributed by atoms with Gasteiger partial charge in [-0.05, 0) is 18.6 Å². The van der Waals surface area contributed by atoms with Crippen molar-refractivity contribution in [2.45, 2.75) is 13.3 Å². The lowest BCUT2D eigenvalue weighted by atomic mass is 10.2. The molecular weight excluding hydrogens is 216 g/mol. The number of anilines is 1. The molecule has 0 bridgehead atoms. The molecule has 0 fully saturated rings. The van der Waals surface area contributed by atoms with Crippen LogP contribution in [0, 0.1) is 0 Å². The van der Waals surface area contributed by atoms with Crippen molar-refractivity contribution in [2.24, 2.45) is 0 Å². The molecular formula is C10H13ClN2O2. The van der Waals surface area contributed by atoms with E-state index in [1.165, 1.54) is 12.1 Å². The van der Waals surface area contributed by atoms with Gasteiger partial charge in [-0.2, -0.15) is 0 Å². The van der Waals surface area contributed by atoms with Crippen LogP contribution in [0.5, 0.6) is 0 Å². The Kier molecular flexibility index (Phi) is 3.91. The van der Waals surface area contributed by atoms with Crippen molar-refractivity contribution in [3.63, 3.8) is 0 Å². The highest BCUT2D eigenvalue weighted by Gasteiger charge is 2.09. The fourth-order valence-electron chi connectivity index (χ4n) is 1.25. The first kappa shape index (κ1) is 11.8. The summed E-state index contributed by atoms with van der Waals surface area (Å²) in [5.41, 5.74) is 0.160. The molecule has 4 nitrogen and oxygen atoms in total. The lowest BCUT2D eigenvalue weighted by molar-refractivity contribution is 0.0697. The van der Waals surface area contributed by atoms with Crippen LogP contribution in [0.4, 0.5) is 5.82 Å². The Hall–Kier alpha value is -1.29. The topological polar surface area (TPSA) is 53.4 Å². The van der Waals surface area contributed by atoms with Crippen molar-refractivity contribution >= 4 is 23.4 Å². The standard InChI is InChI=1S/C10H13ClN2O2/c1-3-4-13(2)9-6-7(10(14)15)5-8(11)12-9/h5-6H,3-4H2,1-2H3,(H,14,15). The molecule has 82 valence electrons. The molecule has 0 radical (unpaired) electrons. The van der Waals surface area contributed by atoms with Crippen LogP contribution in [0.15, 0.2) is 12.1 Å². The van der Waals surface area contributed by atoms with Crippen LogP contribution in [0.1, 0.15) is 23.7 Å². The van der Waals surface area contributed by atoms with Gasteiger partial charge in [-0.1, -0.05) is 18.5 Å². The van der Waals surface area contributed by atoms with Crippen LogP contribution in [-0.4, -0.2) is 29.7 Å². The molecule has 1 heterocycles. The number of rotatable bonds is 4. The van der Waals surface area contributed by atoms with Gasteiger partial charge in [0.05, 0.1) is 5.56 Å². The SMILES string of the molecule is CCCN(C)c1cc(C(=O)O)cc(Cl)n1. The Labute approximate surface area is 93.5 Å². The predicted octanol–water partition coefficient (Wildman–Crippen LogP) is 2.28. The third-order valence-corrected chi connectivity index (χ3v) is 2.17. The van der Waals surface area contributed by atoms with Crippen LogP contribution in [0.25, 0.3) is 0 Å². The quantitative estimate of drug-likeness (QED) is 0.804. The second-order valence-electron chi connectivity index (χ2n) is 3.26. The van der Waals surface area contributed by atoms with Gasteiger partial charge in [0, 0.05) is 13.6 Å². The number of nitrogens with zero attached hydrogens (tertiary/aromatic N) is 2. The second-order valence-corrected chi connectivity index (χ2v) is 3.65. The van der Waals surface area contributed by atoms with E-state index in [0.717, 1.165) is 13.0 Å². The number of pyridine rings is 1. The molecule has 0 aliphatic heterocycles. The third kappa shape index (κ3) is 3.09. The van der Waals surface area contributed by atoms with Crippen molar-refractivity contribution in [1.82, 2.24) is 4.98 Å². The number of halogens is 1. The van der Waals surface area contributed by atoms with Gasteiger partial charge in [-0.15, -0.1) is 0 Å². The number of carboxylic acids is 1. The van der Waals surface area contributed by atoms with Crippen molar-refractivity contribution < 1.29 is 9.90 Å². The Bertz CT molecular complexity index is 368. The first-order valence-electron chi connectivity index (χ1n) is 4.66. The molecule has 0 saturated carbocycles. The monoisotopic (exact) mass is 228 g/mol. The highest BCUT2D eigenvalue weighted by molar-refractivity contribution is 6.29. The number of hydrogen-bond acceptors (Lipinski definition) is 3. The van der Waals surface area contributed by atoms with Crippen molar-refractivity contribution in [3.8, 4) is 0 Å². The van der Waals surface area contributed by atoms with E-state index in [9.17, 15) is 4.79 Å². The maximum Gasteiger partial charge on any atom is 0.335 e. The van der Waals surface area contributed by atoms with Crippen molar-refractivity contribution in [2.75, 3.05) is 18.5 Å². The highest BCUT2D eigenvalue weighted by atomic mass is 35.5. The van der Waals surface area contributed by atoms with Gasteiger partial charge >= 0.3 is 5.97 Å². The molecule has 0 unspecified atom stereocenters. The minimum Gasteiger partial charge on any atom is -0.478 e. The summed E-state index contributed by atoms with van der Waals surface area (Å²) in [4.78, 5) is 16.7. The number of aromatic nitrogens is 1. The van der Waals surface area contributed by atoms with Crippen LogP contribution in [0.2, 0.25) is 5.15 Å². The summed E-state index contributed by atoms with van der Waals surface area (Å²) in [6.45, 7) is 2.85. The number of carbonyl (C=O) groups is 1. The summed E-state index contributed by atoms with van der Waals surface area (Å²) < 4.78 is 0. The Balaban J connectivity index is 3.03. The van der Waals surface area contributed by atoms with Crippen LogP contribution < -0.4 is 4.90 Å². The molecule has 0 spiro atoms. The summed E-state index contributed by atoms with van der Waals surface area (Å²) in [5, 5.41) is 9.04. The van der Waals surface area contributed by atoms with Gasteiger partial charge in [0.2, 0.25) is 0 Å². The summed E-state index contributed by atoms with van der Waals surface area (Å²) in [6, 6.07) is 2.86. The molecule has 0 atom stereocenters. The maximum atomic E-state index is 10.8. The fraction of sp³-hybridized carbons (Fsp3) is 0.400. The van der Waals surface area contributed by atoms with Gasteiger partial charge in [-0.25, -0.2) is 9.78 Å². The maximum absolute atomic E-state index is 10.8. The summed E-state index contributed by atoms with van der Waals surface area (Å²) in [5.74, 6) is -0.410. The Morgan fingerprint density at radius 2 is 2.27 bits per heavy atom. The molecule has 15 heavy (non-hydrogen) atoms. The molecule has 0 saturated heterocycles. The van der Waals surface area contributed by atoms with E-state index in [1.54, 1.807) is 0 Å². The van der Waals surface area contributed by atoms with Crippen LogP contribution in [-0.2, 0) is 0 Å². The average molecular weight is 229 g/mol. The van der Waals surface area contributed by atoms with E-state index >= 15 is 0 Å². The van der Waals surface area contributed by atoms with Gasteiger partial charge in [0.1, 0.15) is 11.0 Å². The smallest absolute Gasteiger partial charge is 0.335 e. The van der Waals surface area contributed by atoms with Gasteiger partial charge in [-0.3, -0.25) is 0 Å². The fourth-order valence-corrected chi connectivity index (χ4v) is 1.46. The lowest BCUT2D eigenvalue weighted by Crippen LogP contribution is -2.19. The summed E-state index contributed by atoms with van der Waals surface area (Å²) >= 11 is 5.74. The van der Waals surface area contributed by atoms with Gasteiger partial charge in [0.15, 0.2) is 0 Å². The van der Waals surface area contributed by atoms with Crippen LogP contribution in [0.3, 0.4) is 0 Å². The molecule has 5 heteroatoms. The Morgan fingerprint density at radius 1 is 1.60 bits per heavy atom. The number of hydrogen-bond donors (Lipinski definition) is 1. The normalized spacial score (nSPS) is 10.1. The molecule has 1 aromatic rings. The Morgan fingerprint density at radius 3 is 2.80 bits per heavy atom. The first-order valence-corrected chi connectivity index (χ1v) is 5.04. The van der Waals surface area contributed by atoms with E-state index in [0.29, 0.717) is 5.82 Å². The number of aromatic carboxylic acids is 1. The largest absolute Gasteiger partial charge is 0.478 e. The van der Waals surface area contributed by atoms with Crippen molar-refractivity contribution in [3.05, 3.63) is 22.8 Å². The molecule has 0 amide bonds. The average Bonchev–Trinajstić information content (AvgIpc) is 2.17. The van der Waals surface area contributed by atoms with Crippen molar-refractivity contribution in [1.29, 1.82) is 0 Å². The van der Waals surface area contributed by atoms with Crippen LogP contribution >= 0.6 is 11.6 Å². The zero-order valence-corrected chi connectivity index (χ0v) is 9.45. The van der Waals surface area contributed by atoms with E-state index in [-0.39, 0.29) is 10.7 Å². The molecule has 0 aliphatic carbocycles. The van der Waals surface area contributed by atoms with E-state index in [4.69, 9.17) is 16.7 Å². The molecule has 1 rings (SSSR count). The highest BCUT2D eigenvalue weighted by Crippen LogP contribution is 2.17. The lowest BCUT2D eigenvalue weighted by Gasteiger charge is -2.17. The summed E-state index contributed by atoms with van der Waals surface area (Å²) in [6.07, 6.45) is 0.965. The van der Waals surface area contributed by atoms with E-state index in [2.05, 4.69) is 4.98 Å². The molecule has 0 aliphatic rings. The molecule has 1 aromatic heterocycles. The van der Waals surface area contributed by atoms with E-state index in [1.807, 2.05) is 18.9 Å². The minimum atomic E-state index is -0.995. The summed E-state index contributed by atoms with van der Waals surface area (Å²) in [7, 11) is 1.85. The molecule has 0 aromatic carbocycles. The third-order valence-electron chi connectivity index (χ3n) is 1.98. The van der Waals surface area contributed by atoms with Gasteiger partial charge in [0.25, 0.3) is 0 Å². The zero-order valence-electron chi connectivity index (χ0n) is 8.70. The molecule has 1 N–H and O–H groups in total. The first-order chi connectivity index (χ1) is 7.04. The second kappa shape index (κ2) is 4.98. The predicted molar refractivity (Wildman–Crippen MR) is 59.8 cm³/mol. The zero-order chi connectivity index (χ0) is 11.4.